The summed E-state index contributed by atoms with van der Waals surface area (Å²) < 4.78 is 0. The lowest BCUT2D eigenvalue weighted by Crippen LogP contribution is -2.14. The molecule has 2 N–H and O–H groups in total. The Bertz CT molecular complexity index is 491. The molecule has 1 aliphatic rings. The average Bonchev–Trinajstić information content (AvgIpc) is 2.83. The van der Waals surface area contributed by atoms with Gasteiger partial charge in [-0.05, 0) is 36.5 Å². The molecule has 4 heteroatoms. The topological polar surface area (TPSA) is 66.4 Å². The summed E-state index contributed by atoms with van der Waals surface area (Å²) in [6.45, 7) is 0. The minimum Gasteiger partial charge on any atom is -0.481 e. The average molecular weight is 259 g/mol. The summed E-state index contributed by atoms with van der Waals surface area (Å²) in [7, 11) is 0. The van der Waals surface area contributed by atoms with Crippen LogP contribution in [0.2, 0.25) is 0 Å². The molecule has 100 valence electrons. The molecule has 0 aromatic heterocycles. The standard InChI is InChI=1S/C15H17NO3/c17-14(9-11-3-1-2-4-11)16-13-7-5-12(6-8-13)10-15(18)19/h1,3,5-8,11H,2,4,9-10H2,(H,16,17)(H,18,19). The van der Waals surface area contributed by atoms with Crippen molar-refractivity contribution in [2.24, 2.45) is 5.92 Å². The molecule has 2 rings (SSSR count). The fourth-order valence-corrected chi connectivity index (χ4v) is 2.20. The number of anilines is 1. The second-order valence-corrected chi connectivity index (χ2v) is 4.79. The van der Waals surface area contributed by atoms with Crippen LogP contribution < -0.4 is 5.32 Å². The molecule has 1 unspecified atom stereocenters. The van der Waals surface area contributed by atoms with E-state index in [0.717, 1.165) is 18.4 Å². The zero-order valence-corrected chi connectivity index (χ0v) is 10.6. The third-order valence-corrected chi connectivity index (χ3v) is 3.15. The highest BCUT2D eigenvalue weighted by Crippen LogP contribution is 2.21. The molecule has 0 spiro atoms. The molecule has 4 nitrogen and oxygen atoms in total. The summed E-state index contributed by atoms with van der Waals surface area (Å²) >= 11 is 0. The van der Waals surface area contributed by atoms with Gasteiger partial charge in [0.05, 0.1) is 6.42 Å². The first kappa shape index (κ1) is 13.3. The number of carboxylic acids is 1. The lowest BCUT2D eigenvalue weighted by Gasteiger charge is -2.09. The summed E-state index contributed by atoms with van der Waals surface area (Å²) in [4.78, 5) is 22.3. The number of hydrogen-bond donors (Lipinski definition) is 2. The number of benzene rings is 1. The van der Waals surface area contributed by atoms with Crippen molar-refractivity contribution in [1.29, 1.82) is 0 Å². The normalized spacial score (nSPS) is 17.4. The number of aliphatic carboxylic acids is 1. The molecule has 1 aromatic rings. The molecule has 0 heterocycles. The minimum atomic E-state index is -0.857. The van der Waals surface area contributed by atoms with E-state index in [1.54, 1.807) is 24.3 Å². The van der Waals surface area contributed by atoms with Gasteiger partial charge in [0.25, 0.3) is 0 Å². The number of allylic oxidation sites excluding steroid dienone is 2. The van der Waals surface area contributed by atoms with Gasteiger partial charge in [-0.3, -0.25) is 9.59 Å². The number of carbonyl (C=O) groups is 2. The number of rotatable bonds is 5. The maximum absolute atomic E-state index is 11.8. The lowest BCUT2D eigenvalue weighted by atomic mass is 10.0. The van der Waals surface area contributed by atoms with Crippen molar-refractivity contribution in [1.82, 2.24) is 0 Å². The molecule has 1 amide bonds. The highest BCUT2D eigenvalue weighted by atomic mass is 16.4. The molecule has 0 fully saturated rings. The summed E-state index contributed by atoms with van der Waals surface area (Å²) in [5.41, 5.74) is 1.44. The third-order valence-electron chi connectivity index (χ3n) is 3.15. The minimum absolute atomic E-state index is 0.00109. The van der Waals surface area contributed by atoms with Crippen LogP contribution in [0, 0.1) is 5.92 Å². The summed E-state index contributed by atoms with van der Waals surface area (Å²) in [6.07, 6.45) is 6.81. The largest absolute Gasteiger partial charge is 0.481 e. The Hall–Kier alpha value is -2.10. The van der Waals surface area contributed by atoms with E-state index in [9.17, 15) is 9.59 Å². The fraction of sp³-hybridized carbons (Fsp3) is 0.333. The van der Waals surface area contributed by atoms with Crippen LogP contribution in [0.3, 0.4) is 0 Å². The van der Waals surface area contributed by atoms with Gasteiger partial charge in [-0.2, -0.15) is 0 Å². The molecule has 0 radical (unpaired) electrons. The maximum atomic E-state index is 11.8. The number of carboxylic acid groups (broad SMARTS) is 1. The van der Waals surface area contributed by atoms with Gasteiger partial charge >= 0.3 is 5.97 Å². The second-order valence-electron chi connectivity index (χ2n) is 4.79. The van der Waals surface area contributed by atoms with Crippen molar-refractivity contribution >= 4 is 17.6 Å². The first-order valence-corrected chi connectivity index (χ1v) is 6.41. The predicted octanol–water partition coefficient (Wildman–Crippen LogP) is 2.61. The number of carbonyl (C=O) groups excluding carboxylic acids is 1. The van der Waals surface area contributed by atoms with Crippen molar-refractivity contribution in [3.8, 4) is 0 Å². The van der Waals surface area contributed by atoms with E-state index in [0.29, 0.717) is 18.0 Å². The van der Waals surface area contributed by atoms with Gasteiger partial charge in [-0.15, -0.1) is 0 Å². The van der Waals surface area contributed by atoms with Crippen LogP contribution in [0.4, 0.5) is 5.69 Å². The van der Waals surface area contributed by atoms with Crippen LogP contribution in [-0.2, 0) is 16.0 Å². The molecular formula is C15H17NO3. The Morgan fingerprint density at radius 3 is 2.58 bits per heavy atom. The lowest BCUT2D eigenvalue weighted by molar-refractivity contribution is -0.136. The van der Waals surface area contributed by atoms with Crippen LogP contribution in [0.25, 0.3) is 0 Å². The molecule has 0 saturated heterocycles. The Morgan fingerprint density at radius 2 is 2.00 bits per heavy atom. The van der Waals surface area contributed by atoms with Crippen LogP contribution >= 0.6 is 0 Å². The Balaban J connectivity index is 1.86. The van der Waals surface area contributed by atoms with E-state index in [2.05, 4.69) is 17.5 Å². The maximum Gasteiger partial charge on any atom is 0.307 e. The molecule has 0 aliphatic heterocycles. The van der Waals surface area contributed by atoms with Crippen molar-refractivity contribution in [2.75, 3.05) is 5.32 Å². The van der Waals surface area contributed by atoms with E-state index in [-0.39, 0.29) is 12.3 Å². The van der Waals surface area contributed by atoms with Crippen molar-refractivity contribution in [3.63, 3.8) is 0 Å². The van der Waals surface area contributed by atoms with E-state index in [1.807, 2.05) is 0 Å². The molecule has 1 atom stereocenters. The highest BCUT2D eigenvalue weighted by molar-refractivity contribution is 5.91. The zero-order chi connectivity index (χ0) is 13.7. The monoisotopic (exact) mass is 259 g/mol. The summed E-state index contributed by atoms with van der Waals surface area (Å²) in [5.74, 6) is -0.501. The van der Waals surface area contributed by atoms with Gasteiger partial charge in [-0.1, -0.05) is 24.3 Å². The van der Waals surface area contributed by atoms with Crippen LogP contribution in [0.1, 0.15) is 24.8 Å². The van der Waals surface area contributed by atoms with Gasteiger partial charge < -0.3 is 10.4 Å². The van der Waals surface area contributed by atoms with Gasteiger partial charge in [-0.25, -0.2) is 0 Å². The molecule has 0 bridgehead atoms. The first-order valence-electron chi connectivity index (χ1n) is 6.41. The molecule has 1 aromatic carbocycles. The molecule has 19 heavy (non-hydrogen) atoms. The van der Waals surface area contributed by atoms with E-state index < -0.39 is 5.97 Å². The molecular weight excluding hydrogens is 242 g/mol. The number of hydrogen-bond acceptors (Lipinski definition) is 2. The summed E-state index contributed by atoms with van der Waals surface area (Å²) in [5, 5.41) is 11.5. The Morgan fingerprint density at radius 1 is 1.26 bits per heavy atom. The molecule has 0 saturated carbocycles. The second kappa shape index (κ2) is 6.18. The predicted molar refractivity (Wildman–Crippen MR) is 72.9 cm³/mol. The van der Waals surface area contributed by atoms with Crippen molar-refractivity contribution in [3.05, 3.63) is 42.0 Å². The SMILES string of the molecule is O=C(O)Cc1ccc(NC(=O)CC2C=CCC2)cc1. The van der Waals surface area contributed by atoms with Gasteiger partial charge in [0.15, 0.2) is 0 Å². The highest BCUT2D eigenvalue weighted by Gasteiger charge is 2.13. The van der Waals surface area contributed by atoms with Gasteiger partial charge in [0.2, 0.25) is 5.91 Å². The first-order chi connectivity index (χ1) is 9.13. The van der Waals surface area contributed by atoms with E-state index in [4.69, 9.17) is 5.11 Å². The number of amides is 1. The quantitative estimate of drug-likeness (QED) is 0.799. The van der Waals surface area contributed by atoms with E-state index in [1.165, 1.54) is 0 Å². The van der Waals surface area contributed by atoms with Gasteiger partial charge in [0.1, 0.15) is 0 Å². The smallest absolute Gasteiger partial charge is 0.307 e. The Kier molecular flexibility index (Phi) is 4.34. The van der Waals surface area contributed by atoms with Crippen LogP contribution in [-0.4, -0.2) is 17.0 Å². The Labute approximate surface area is 112 Å². The van der Waals surface area contributed by atoms with Crippen molar-refractivity contribution in [2.45, 2.75) is 25.7 Å². The van der Waals surface area contributed by atoms with Crippen LogP contribution in [0.5, 0.6) is 0 Å². The molecule has 1 aliphatic carbocycles. The summed E-state index contributed by atoms with van der Waals surface area (Å²) in [6, 6.07) is 6.92. The van der Waals surface area contributed by atoms with E-state index >= 15 is 0 Å². The fourth-order valence-electron chi connectivity index (χ4n) is 2.20. The van der Waals surface area contributed by atoms with Crippen LogP contribution in [0.15, 0.2) is 36.4 Å². The third kappa shape index (κ3) is 4.25. The van der Waals surface area contributed by atoms with Gasteiger partial charge in [0, 0.05) is 12.1 Å². The zero-order valence-electron chi connectivity index (χ0n) is 10.6. The van der Waals surface area contributed by atoms with Crippen molar-refractivity contribution < 1.29 is 14.7 Å². The number of nitrogens with one attached hydrogen (secondary N) is 1.